The first-order valence-electron chi connectivity index (χ1n) is 5.48. The van der Waals surface area contributed by atoms with Crippen molar-refractivity contribution in [3.8, 4) is 0 Å². The Hall–Kier alpha value is -0.620. The van der Waals surface area contributed by atoms with Crippen LogP contribution < -0.4 is 4.72 Å². The maximum absolute atomic E-state index is 11.6. The molecule has 96 valence electrons. The third kappa shape index (κ3) is 7.64. The number of carbonyl (C=O) groups is 1. The van der Waals surface area contributed by atoms with E-state index in [9.17, 15) is 13.2 Å². The van der Waals surface area contributed by atoms with Gasteiger partial charge in [-0.2, -0.15) is 0 Å². The zero-order valence-electron chi connectivity index (χ0n) is 10.1. The maximum Gasteiger partial charge on any atom is 0.304 e. The lowest BCUT2D eigenvalue weighted by molar-refractivity contribution is -0.137. The molecular weight excluding hydrogens is 230 g/mol. The van der Waals surface area contributed by atoms with Crippen molar-refractivity contribution in [2.45, 2.75) is 46.1 Å². The molecule has 0 aromatic carbocycles. The van der Waals surface area contributed by atoms with Gasteiger partial charge in [-0.15, -0.1) is 0 Å². The smallest absolute Gasteiger partial charge is 0.304 e. The lowest BCUT2D eigenvalue weighted by Crippen LogP contribution is -2.38. The number of sulfonamides is 1. The minimum atomic E-state index is -3.36. The van der Waals surface area contributed by atoms with E-state index in [1.54, 1.807) is 0 Å². The summed E-state index contributed by atoms with van der Waals surface area (Å²) in [7, 11) is -3.36. The van der Waals surface area contributed by atoms with Gasteiger partial charge in [-0.05, 0) is 12.3 Å². The monoisotopic (exact) mass is 251 g/mol. The molecule has 0 saturated carbocycles. The van der Waals surface area contributed by atoms with Crippen molar-refractivity contribution in [1.82, 2.24) is 4.72 Å². The molecule has 0 rings (SSSR count). The third-order valence-electron chi connectivity index (χ3n) is 1.96. The van der Waals surface area contributed by atoms with Crippen LogP contribution in [-0.4, -0.2) is 31.3 Å². The van der Waals surface area contributed by atoms with E-state index in [4.69, 9.17) is 5.11 Å². The summed E-state index contributed by atoms with van der Waals surface area (Å²) in [6, 6.07) is -0.494. The van der Waals surface area contributed by atoms with E-state index in [2.05, 4.69) is 4.72 Å². The SMILES string of the molecule is CCCC(CC(=O)O)NS(=O)(=O)CC(C)C. The molecule has 0 aromatic rings. The second kappa shape index (κ2) is 6.85. The molecule has 0 saturated heterocycles. The van der Waals surface area contributed by atoms with Gasteiger partial charge in [0.05, 0.1) is 12.2 Å². The highest BCUT2D eigenvalue weighted by Crippen LogP contribution is 2.06. The summed E-state index contributed by atoms with van der Waals surface area (Å²) >= 11 is 0. The molecule has 0 aliphatic carbocycles. The Bertz CT molecular complexity index is 311. The molecule has 0 radical (unpaired) electrons. The standard InChI is InChI=1S/C10H21NO4S/c1-4-5-9(6-10(12)13)11-16(14,15)7-8(2)3/h8-9,11H,4-7H2,1-3H3,(H,12,13). The Morgan fingerprint density at radius 1 is 1.38 bits per heavy atom. The van der Waals surface area contributed by atoms with Gasteiger partial charge < -0.3 is 5.11 Å². The Morgan fingerprint density at radius 2 is 1.94 bits per heavy atom. The fourth-order valence-electron chi connectivity index (χ4n) is 1.50. The van der Waals surface area contributed by atoms with E-state index >= 15 is 0 Å². The normalized spacial score (nSPS) is 14.0. The molecule has 0 heterocycles. The van der Waals surface area contributed by atoms with Crippen LogP contribution in [0.4, 0.5) is 0 Å². The Morgan fingerprint density at radius 3 is 2.31 bits per heavy atom. The van der Waals surface area contributed by atoms with Gasteiger partial charge in [0.2, 0.25) is 10.0 Å². The summed E-state index contributed by atoms with van der Waals surface area (Å²) in [4.78, 5) is 10.6. The second-order valence-electron chi connectivity index (χ2n) is 4.38. The molecule has 16 heavy (non-hydrogen) atoms. The fourth-order valence-corrected chi connectivity index (χ4v) is 3.19. The average Bonchev–Trinajstić information content (AvgIpc) is 1.98. The van der Waals surface area contributed by atoms with Gasteiger partial charge in [-0.1, -0.05) is 27.2 Å². The minimum Gasteiger partial charge on any atom is -0.481 e. The highest BCUT2D eigenvalue weighted by atomic mass is 32.2. The van der Waals surface area contributed by atoms with Crippen LogP contribution in [0.1, 0.15) is 40.0 Å². The predicted molar refractivity (Wildman–Crippen MR) is 62.7 cm³/mol. The van der Waals surface area contributed by atoms with Crippen LogP contribution in [0.25, 0.3) is 0 Å². The molecule has 0 aliphatic rings. The Balaban J connectivity index is 4.42. The first-order valence-corrected chi connectivity index (χ1v) is 7.13. The Labute approximate surface area is 97.3 Å². The van der Waals surface area contributed by atoms with Crippen molar-refractivity contribution < 1.29 is 18.3 Å². The first kappa shape index (κ1) is 15.4. The van der Waals surface area contributed by atoms with E-state index in [0.717, 1.165) is 6.42 Å². The van der Waals surface area contributed by atoms with Crippen molar-refractivity contribution in [2.24, 2.45) is 5.92 Å². The zero-order valence-corrected chi connectivity index (χ0v) is 10.9. The quantitative estimate of drug-likeness (QED) is 0.679. The van der Waals surface area contributed by atoms with Crippen molar-refractivity contribution in [2.75, 3.05) is 5.75 Å². The number of rotatable bonds is 8. The number of hydrogen-bond donors (Lipinski definition) is 2. The fraction of sp³-hybridized carbons (Fsp3) is 0.900. The topological polar surface area (TPSA) is 83.5 Å². The van der Waals surface area contributed by atoms with Gasteiger partial charge in [0, 0.05) is 6.04 Å². The van der Waals surface area contributed by atoms with Crippen molar-refractivity contribution >= 4 is 16.0 Å². The molecule has 0 amide bonds. The van der Waals surface area contributed by atoms with Crippen LogP contribution in [0, 0.1) is 5.92 Å². The summed E-state index contributed by atoms with van der Waals surface area (Å²) in [5.41, 5.74) is 0. The maximum atomic E-state index is 11.6. The summed E-state index contributed by atoms with van der Waals surface area (Å²) in [6.45, 7) is 5.52. The van der Waals surface area contributed by atoms with E-state index in [1.807, 2.05) is 20.8 Å². The van der Waals surface area contributed by atoms with Crippen LogP contribution in [-0.2, 0) is 14.8 Å². The van der Waals surface area contributed by atoms with Crippen LogP contribution in [0.15, 0.2) is 0 Å². The minimum absolute atomic E-state index is 0.0320. The first-order chi connectivity index (χ1) is 7.26. The zero-order chi connectivity index (χ0) is 12.8. The van der Waals surface area contributed by atoms with Gasteiger partial charge in [-0.3, -0.25) is 4.79 Å². The van der Waals surface area contributed by atoms with Gasteiger partial charge in [0.15, 0.2) is 0 Å². The number of nitrogens with one attached hydrogen (secondary N) is 1. The van der Waals surface area contributed by atoms with Gasteiger partial charge in [0.25, 0.3) is 0 Å². The Kier molecular flexibility index (Phi) is 6.59. The second-order valence-corrected chi connectivity index (χ2v) is 6.18. The molecule has 0 bridgehead atoms. The molecule has 1 unspecified atom stereocenters. The van der Waals surface area contributed by atoms with E-state index in [-0.39, 0.29) is 18.1 Å². The molecule has 0 aliphatic heterocycles. The number of aliphatic carboxylic acids is 1. The number of hydrogen-bond acceptors (Lipinski definition) is 3. The summed E-state index contributed by atoms with van der Waals surface area (Å²) in [5.74, 6) is -0.914. The number of carboxylic acids is 1. The molecular formula is C10H21NO4S. The molecule has 0 spiro atoms. The van der Waals surface area contributed by atoms with Gasteiger partial charge in [-0.25, -0.2) is 13.1 Å². The summed E-state index contributed by atoms with van der Waals surface area (Å²) in [5, 5.41) is 8.65. The molecule has 1 atom stereocenters. The average molecular weight is 251 g/mol. The van der Waals surface area contributed by atoms with Crippen LogP contribution >= 0.6 is 0 Å². The van der Waals surface area contributed by atoms with Gasteiger partial charge >= 0.3 is 5.97 Å². The molecule has 5 nitrogen and oxygen atoms in total. The third-order valence-corrected chi connectivity index (χ3v) is 3.76. The number of carboxylic acid groups (broad SMARTS) is 1. The van der Waals surface area contributed by atoms with E-state index < -0.39 is 22.0 Å². The van der Waals surface area contributed by atoms with Gasteiger partial charge in [0.1, 0.15) is 0 Å². The predicted octanol–water partition coefficient (Wildman–Crippen LogP) is 1.21. The lowest BCUT2D eigenvalue weighted by Gasteiger charge is -2.17. The van der Waals surface area contributed by atoms with Crippen molar-refractivity contribution in [3.05, 3.63) is 0 Å². The molecule has 6 heteroatoms. The van der Waals surface area contributed by atoms with E-state index in [1.165, 1.54) is 0 Å². The van der Waals surface area contributed by atoms with Crippen LogP contribution in [0.5, 0.6) is 0 Å². The summed E-state index contributed by atoms with van der Waals surface area (Å²) < 4.78 is 25.7. The van der Waals surface area contributed by atoms with Crippen LogP contribution in [0.3, 0.4) is 0 Å². The molecule has 0 fully saturated rings. The van der Waals surface area contributed by atoms with Crippen molar-refractivity contribution in [3.63, 3.8) is 0 Å². The highest BCUT2D eigenvalue weighted by Gasteiger charge is 2.20. The highest BCUT2D eigenvalue weighted by molar-refractivity contribution is 7.89. The molecule has 0 aromatic heterocycles. The van der Waals surface area contributed by atoms with Crippen molar-refractivity contribution in [1.29, 1.82) is 0 Å². The van der Waals surface area contributed by atoms with Crippen LogP contribution in [0.2, 0.25) is 0 Å². The molecule has 2 N–H and O–H groups in total. The largest absolute Gasteiger partial charge is 0.481 e. The summed E-state index contributed by atoms with van der Waals surface area (Å²) in [6.07, 6.45) is 1.14. The lowest BCUT2D eigenvalue weighted by atomic mass is 10.1. The van der Waals surface area contributed by atoms with E-state index in [0.29, 0.717) is 6.42 Å².